The number of carbonyl (C=O) groups excluding carboxylic acids is 1. The molecule has 0 aromatic heterocycles. The highest BCUT2D eigenvalue weighted by molar-refractivity contribution is 5.89. The zero-order valence-electron chi connectivity index (χ0n) is 8.64. The van der Waals surface area contributed by atoms with Crippen molar-refractivity contribution in [1.29, 1.82) is 0 Å². The number of hydrogen-bond acceptors (Lipinski definition) is 4. The standard InChI is InChI=1S/C11H15NO3/c1-2-15-11(14)9-5-3-8(4-6-9)10(12)7-13/h3-6,10,13H,2,7,12H2,1H3/t10-/m0/s1. The molecule has 1 aromatic rings. The Kier molecular flexibility index (Phi) is 4.27. The van der Waals surface area contributed by atoms with E-state index >= 15 is 0 Å². The lowest BCUT2D eigenvalue weighted by atomic mass is 10.1. The van der Waals surface area contributed by atoms with E-state index in [0.29, 0.717) is 12.2 Å². The Balaban J connectivity index is 2.76. The maximum Gasteiger partial charge on any atom is 0.338 e. The second kappa shape index (κ2) is 5.48. The average molecular weight is 209 g/mol. The average Bonchev–Trinajstić information content (AvgIpc) is 2.28. The number of benzene rings is 1. The molecule has 1 atom stereocenters. The van der Waals surface area contributed by atoms with Gasteiger partial charge in [0.25, 0.3) is 0 Å². The van der Waals surface area contributed by atoms with Crippen molar-refractivity contribution < 1.29 is 14.6 Å². The molecule has 0 amide bonds. The van der Waals surface area contributed by atoms with Crippen LogP contribution in [0, 0.1) is 0 Å². The van der Waals surface area contributed by atoms with Crippen molar-refractivity contribution in [2.45, 2.75) is 13.0 Å². The molecule has 4 nitrogen and oxygen atoms in total. The molecule has 3 N–H and O–H groups in total. The Morgan fingerprint density at radius 2 is 2.07 bits per heavy atom. The normalized spacial score (nSPS) is 12.2. The maximum atomic E-state index is 11.3. The third-order valence-corrected chi connectivity index (χ3v) is 2.05. The molecule has 1 rings (SSSR count). The summed E-state index contributed by atoms with van der Waals surface area (Å²) in [5, 5.41) is 8.83. The first kappa shape index (κ1) is 11.7. The summed E-state index contributed by atoms with van der Waals surface area (Å²) in [5.74, 6) is -0.346. The number of aliphatic hydroxyl groups excluding tert-OH is 1. The molecule has 0 saturated heterocycles. The van der Waals surface area contributed by atoms with E-state index in [1.54, 1.807) is 31.2 Å². The van der Waals surface area contributed by atoms with Crippen LogP contribution in [0.2, 0.25) is 0 Å². The fourth-order valence-electron chi connectivity index (χ4n) is 1.19. The number of esters is 1. The number of aliphatic hydroxyl groups is 1. The second-order valence-electron chi connectivity index (χ2n) is 3.13. The Morgan fingerprint density at radius 3 is 2.53 bits per heavy atom. The summed E-state index contributed by atoms with van der Waals surface area (Å²) < 4.78 is 4.84. The van der Waals surface area contributed by atoms with Crippen LogP contribution in [0.15, 0.2) is 24.3 Å². The summed E-state index contributed by atoms with van der Waals surface area (Å²) in [4.78, 5) is 11.3. The molecule has 0 radical (unpaired) electrons. The third-order valence-electron chi connectivity index (χ3n) is 2.05. The summed E-state index contributed by atoms with van der Waals surface area (Å²) in [6.07, 6.45) is 0. The molecule has 0 saturated carbocycles. The molecular weight excluding hydrogens is 194 g/mol. The number of rotatable bonds is 4. The predicted molar refractivity (Wildman–Crippen MR) is 56.4 cm³/mol. The first-order valence-corrected chi connectivity index (χ1v) is 4.82. The highest BCUT2D eigenvalue weighted by atomic mass is 16.5. The first-order valence-electron chi connectivity index (χ1n) is 4.82. The van der Waals surface area contributed by atoms with Crippen molar-refractivity contribution in [1.82, 2.24) is 0 Å². The Morgan fingerprint density at radius 1 is 1.47 bits per heavy atom. The smallest absolute Gasteiger partial charge is 0.338 e. The number of carbonyl (C=O) groups is 1. The monoisotopic (exact) mass is 209 g/mol. The van der Waals surface area contributed by atoms with Gasteiger partial charge in [-0.25, -0.2) is 4.79 Å². The van der Waals surface area contributed by atoms with Gasteiger partial charge in [0.1, 0.15) is 0 Å². The molecule has 0 unspecified atom stereocenters. The summed E-state index contributed by atoms with van der Waals surface area (Å²) in [7, 11) is 0. The Labute approximate surface area is 88.7 Å². The van der Waals surface area contributed by atoms with Crippen LogP contribution in [-0.2, 0) is 4.74 Å². The lowest BCUT2D eigenvalue weighted by Gasteiger charge is -2.08. The van der Waals surface area contributed by atoms with E-state index in [0.717, 1.165) is 5.56 Å². The molecule has 82 valence electrons. The van der Waals surface area contributed by atoms with Gasteiger partial charge >= 0.3 is 5.97 Å². The van der Waals surface area contributed by atoms with Crippen molar-refractivity contribution in [3.63, 3.8) is 0 Å². The molecule has 1 aromatic carbocycles. The van der Waals surface area contributed by atoms with Crippen molar-refractivity contribution in [2.75, 3.05) is 13.2 Å². The third kappa shape index (κ3) is 3.04. The molecule has 15 heavy (non-hydrogen) atoms. The molecule has 0 aliphatic carbocycles. The van der Waals surface area contributed by atoms with Crippen LogP contribution in [0.4, 0.5) is 0 Å². The van der Waals surface area contributed by atoms with Crippen molar-refractivity contribution in [2.24, 2.45) is 5.73 Å². The van der Waals surface area contributed by atoms with Crippen LogP contribution in [0.1, 0.15) is 28.9 Å². The summed E-state index contributed by atoms with van der Waals surface area (Å²) in [5.41, 5.74) is 6.90. The maximum absolute atomic E-state index is 11.3. The van der Waals surface area contributed by atoms with E-state index in [4.69, 9.17) is 15.6 Å². The van der Waals surface area contributed by atoms with Crippen LogP contribution in [0.5, 0.6) is 0 Å². The largest absolute Gasteiger partial charge is 0.462 e. The van der Waals surface area contributed by atoms with Crippen LogP contribution < -0.4 is 5.73 Å². The van der Waals surface area contributed by atoms with E-state index in [2.05, 4.69) is 0 Å². The van der Waals surface area contributed by atoms with E-state index in [1.165, 1.54) is 0 Å². The zero-order chi connectivity index (χ0) is 11.3. The highest BCUT2D eigenvalue weighted by Crippen LogP contribution is 2.11. The van der Waals surface area contributed by atoms with Crippen molar-refractivity contribution >= 4 is 5.97 Å². The van der Waals surface area contributed by atoms with Gasteiger partial charge < -0.3 is 15.6 Å². The van der Waals surface area contributed by atoms with Crippen molar-refractivity contribution in [3.05, 3.63) is 35.4 Å². The van der Waals surface area contributed by atoms with Gasteiger partial charge in [-0.1, -0.05) is 12.1 Å². The van der Waals surface area contributed by atoms with E-state index in [9.17, 15) is 4.79 Å². The highest BCUT2D eigenvalue weighted by Gasteiger charge is 2.08. The Hall–Kier alpha value is -1.39. The van der Waals surface area contributed by atoms with Crippen LogP contribution in [0.3, 0.4) is 0 Å². The molecule has 0 spiro atoms. The van der Waals surface area contributed by atoms with Gasteiger partial charge in [0.2, 0.25) is 0 Å². The zero-order valence-corrected chi connectivity index (χ0v) is 8.64. The van der Waals surface area contributed by atoms with E-state index in [1.807, 2.05) is 0 Å². The lowest BCUT2D eigenvalue weighted by molar-refractivity contribution is 0.0526. The van der Waals surface area contributed by atoms with Crippen LogP contribution in [-0.4, -0.2) is 24.3 Å². The fourth-order valence-corrected chi connectivity index (χ4v) is 1.19. The fraction of sp³-hybridized carbons (Fsp3) is 0.364. The van der Waals surface area contributed by atoms with Crippen LogP contribution >= 0.6 is 0 Å². The van der Waals surface area contributed by atoms with E-state index < -0.39 is 6.04 Å². The van der Waals surface area contributed by atoms with Gasteiger partial charge in [0, 0.05) is 0 Å². The Bertz CT molecular complexity index is 321. The van der Waals surface area contributed by atoms with Gasteiger partial charge in [0.05, 0.1) is 24.8 Å². The minimum Gasteiger partial charge on any atom is -0.462 e. The molecule has 0 aliphatic rings. The molecule has 0 heterocycles. The van der Waals surface area contributed by atoms with Gasteiger partial charge in [-0.05, 0) is 24.6 Å². The number of nitrogens with two attached hydrogens (primary N) is 1. The number of hydrogen-bond donors (Lipinski definition) is 2. The number of ether oxygens (including phenoxy) is 1. The molecule has 4 heteroatoms. The molecule has 0 fully saturated rings. The SMILES string of the molecule is CCOC(=O)c1ccc([C@@H](N)CO)cc1. The van der Waals surface area contributed by atoms with Gasteiger partial charge in [-0.2, -0.15) is 0 Å². The van der Waals surface area contributed by atoms with Gasteiger partial charge in [0.15, 0.2) is 0 Å². The molecule has 0 aliphatic heterocycles. The summed E-state index contributed by atoms with van der Waals surface area (Å²) in [6, 6.07) is 6.31. The molecule has 0 bridgehead atoms. The second-order valence-corrected chi connectivity index (χ2v) is 3.13. The van der Waals surface area contributed by atoms with E-state index in [-0.39, 0.29) is 12.6 Å². The summed E-state index contributed by atoms with van der Waals surface area (Å²) in [6.45, 7) is 2.00. The summed E-state index contributed by atoms with van der Waals surface area (Å²) >= 11 is 0. The van der Waals surface area contributed by atoms with Crippen molar-refractivity contribution in [3.8, 4) is 0 Å². The minimum absolute atomic E-state index is 0.112. The first-order chi connectivity index (χ1) is 7.19. The van der Waals surface area contributed by atoms with Crippen LogP contribution in [0.25, 0.3) is 0 Å². The van der Waals surface area contributed by atoms with Gasteiger partial charge in [-0.15, -0.1) is 0 Å². The lowest BCUT2D eigenvalue weighted by Crippen LogP contribution is -2.14. The van der Waals surface area contributed by atoms with Gasteiger partial charge in [-0.3, -0.25) is 0 Å². The topological polar surface area (TPSA) is 72.5 Å². The predicted octanol–water partition coefficient (Wildman–Crippen LogP) is 0.855. The quantitative estimate of drug-likeness (QED) is 0.721. The minimum atomic E-state index is -0.402. The molecular formula is C11H15NO3.